The summed E-state index contributed by atoms with van der Waals surface area (Å²) in [4.78, 5) is 63.4. The van der Waals surface area contributed by atoms with Gasteiger partial charge in [0.15, 0.2) is 0 Å². The number of rotatable bonds is 29. The summed E-state index contributed by atoms with van der Waals surface area (Å²) in [7, 11) is 0. The number of piperidine rings is 1. The van der Waals surface area contributed by atoms with Crippen molar-refractivity contribution in [2.75, 3.05) is 89.0 Å². The number of anilines is 1. The number of ether oxygens (including phenoxy) is 6. The highest BCUT2D eigenvalue weighted by atomic mass is 127. The van der Waals surface area contributed by atoms with E-state index in [4.69, 9.17) is 28.4 Å². The van der Waals surface area contributed by atoms with Crippen LogP contribution in [-0.2, 0) is 42.8 Å². The van der Waals surface area contributed by atoms with Crippen molar-refractivity contribution in [3.05, 3.63) is 29.3 Å². The maximum atomic E-state index is 13.2. The standard InChI is InChI=1S/C35H52IN3O11/c36-14-5-1-2-6-15-45-17-19-47-21-23-49-25-26-50-24-22-48-20-18-46-16-7-3-4-11-30(40)37-28-10-8-9-27-32(28)35(44)39(34(27)43)29-12-13-31(41)38-33(29)42/h8-10,29H,1-7,11-26H2,(H,37,40)(H,38,41,42). The molecule has 2 aliphatic heterocycles. The number of benzene rings is 1. The van der Waals surface area contributed by atoms with Gasteiger partial charge in [-0.1, -0.05) is 47.9 Å². The van der Waals surface area contributed by atoms with E-state index >= 15 is 0 Å². The monoisotopic (exact) mass is 817 g/mol. The lowest BCUT2D eigenvalue weighted by atomic mass is 10.0. The zero-order chi connectivity index (χ0) is 35.8. The number of imide groups is 2. The molecule has 0 bridgehead atoms. The SMILES string of the molecule is O=C1CCC(N2C(=O)c3cccc(NC(=O)CCCCCOCCOCCOCCOCCOCCOCCCCCCI)c3C2=O)C(=O)N1. The number of unbranched alkanes of at least 4 members (excludes halogenated alkanes) is 5. The second kappa shape index (κ2) is 25.4. The van der Waals surface area contributed by atoms with Crippen molar-refractivity contribution >= 4 is 57.8 Å². The quantitative estimate of drug-likeness (QED) is 0.0524. The Hall–Kier alpha value is -2.54. The molecule has 5 amide bonds. The number of hydrogen-bond acceptors (Lipinski definition) is 11. The molecule has 14 nitrogen and oxygen atoms in total. The van der Waals surface area contributed by atoms with Gasteiger partial charge in [0.05, 0.1) is 82.9 Å². The van der Waals surface area contributed by atoms with Gasteiger partial charge >= 0.3 is 0 Å². The van der Waals surface area contributed by atoms with Gasteiger partial charge in [0.1, 0.15) is 6.04 Å². The number of carbonyl (C=O) groups is 5. The molecular formula is C35H52IN3O11. The Balaban J connectivity index is 1.10. The average Bonchev–Trinajstić information content (AvgIpc) is 3.35. The molecular weight excluding hydrogens is 765 g/mol. The molecule has 50 heavy (non-hydrogen) atoms. The summed E-state index contributed by atoms with van der Waals surface area (Å²) in [5.74, 6) is -2.68. The highest BCUT2D eigenvalue weighted by Crippen LogP contribution is 2.32. The first-order valence-electron chi connectivity index (χ1n) is 17.6. The molecule has 0 spiro atoms. The second-order valence-corrected chi connectivity index (χ2v) is 12.9. The maximum absolute atomic E-state index is 13.2. The molecule has 1 fully saturated rings. The van der Waals surface area contributed by atoms with E-state index < -0.39 is 29.7 Å². The summed E-state index contributed by atoms with van der Waals surface area (Å²) in [5, 5.41) is 4.91. The highest BCUT2D eigenvalue weighted by Gasteiger charge is 2.45. The van der Waals surface area contributed by atoms with Crippen molar-refractivity contribution in [1.82, 2.24) is 10.2 Å². The van der Waals surface area contributed by atoms with Crippen LogP contribution >= 0.6 is 22.6 Å². The highest BCUT2D eigenvalue weighted by molar-refractivity contribution is 14.1. The molecule has 1 saturated heterocycles. The van der Waals surface area contributed by atoms with Gasteiger partial charge in [0, 0.05) is 26.1 Å². The van der Waals surface area contributed by atoms with Crippen molar-refractivity contribution in [2.24, 2.45) is 0 Å². The van der Waals surface area contributed by atoms with Crippen LogP contribution in [0.4, 0.5) is 5.69 Å². The number of halogens is 1. The third kappa shape index (κ3) is 15.4. The summed E-state index contributed by atoms with van der Waals surface area (Å²) >= 11 is 2.41. The van der Waals surface area contributed by atoms with E-state index in [0.29, 0.717) is 79.1 Å². The number of alkyl halides is 1. The topological polar surface area (TPSA) is 168 Å². The molecule has 2 N–H and O–H groups in total. The molecule has 3 rings (SSSR count). The summed E-state index contributed by atoms with van der Waals surface area (Å²) < 4.78 is 34.4. The third-order valence-electron chi connectivity index (χ3n) is 7.97. The number of fused-ring (bicyclic) bond motifs is 1. The van der Waals surface area contributed by atoms with E-state index in [-0.39, 0.29) is 42.0 Å². The Labute approximate surface area is 308 Å². The van der Waals surface area contributed by atoms with Crippen molar-refractivity contribution in [2.45, 2.75) is 70.3 Å². The molecule has 1 aromatic rings. The van der Waals surface area contributed by atoms with Gasteiger partial charge < -0.3 is 33.7 Å². The first-order chi connectivity index (χ1) is 24.4. The van der Waals surface area contributed by atoms with Gasteiger partial charge in [-0.2, -0.15) is 0 Å². The molecule has 2 heterocycles. The molecule has 15 heteroatoms. The molecule has 280 valence electrons. The fourth-order valence-corrected chi connectivity index (χ4v) is 5.89. The molecule has 0 aromatic heterocycles. The zero-order valence-electron chi connectivity index (χ0n) is 28.9. The first-order valence-corrected chi connectivity index (χ1v) is 19.1. The Kier molecular flexibility index (Phi) is 21.3. The largest absolute Gasteiger partial charge is 0.379 e. The zero-order valence-corrected chi connectivity index (χ0v) is 31.0. The van der Waals surface area contributed by atoms with Crippen molar-refractivity contribution < 1.29 is 52.4 Å². The van der Waals surface area contributed by atoms with E-state index in [0.717, 1.165) is 30.8 Å². The normalized spacial score (nSPS) is 15.9. The molecule has 0 saturated carbocycles. The van der Waals surface area contributed by atoms with E-state index in [1.807, 2.05) is 0 Å². The number of nitrogens with zero attached hydrogens (tertiary/aromatic N) is 1. The molecule has 2 aliphatic rings. The predicted octanol–water partition coefficient (Wildman–Crippen LogP) is 3.68. The van der Waals surface area contributed by atoms with Gasteiger partial charge in [-0.25, -0.2) is 0 Å². The summed E-state index contributed by atoms with van der Waals surface area (Å²) in [6, 6.07) is 3.55. The van der Waals surface area contributed by atoms with E-state index in [1.165, 1.54) is 29.8 Å². The fraction of sp³-hybridized carbons (Fsp3) is 0.686. The Morgan fingerprint density at radius 2 is 1.22 bits per heavy atom. The Bertz CT molecular complexity index is 1220. The van der Waals surface area contributed by atoms with Crippen molar-refractivity contribution in [1.29, 1.82) is 0 Å². The lowest BCUT2D eigenvalue weighted by molar-refractivity contribution is -0.136. The molecule has 1 atom stereocenters. The average molecular weight is 818 g/mol. The van der Waals surface area contributed by atoms with Crippen LogP contribution in [0, 0.1) is 0 Å². The van der Waals surface area contributed by atoms with Crippen LogP contribution in [0.3, 0.4) is 0 Å². The van der Waals surface area contributed by atoms with Crippen LogP contribution in [0.5, 0.6) is 0 Å². The summed E-state index contributed by atoms with van der Waals surface area (Å²) in [5.41, 5.74) is 0.404. The molecule has 0 radical (unpaired) electrons. The number of nitrogens with one attached hydrogen (secondary N) is 2. The van der Waals surface area contributed by atoms with Gasteiger partial charge in [-0.05, 0) is 48.7 Å². The smallest absolute Gasteiger partial charge is 0.264 e. The number of hydrogen-bond donors (Lipinski definition) is 2. The Morgan fingerprint density at radius 1 is 0.700 bits per heavy atom. The van der Waals surface area contributed by atoms with Crippen molar-refractivity contribution in [3.63, 3.8) is 0 Å². The van der Waals surface area contributed by atoms with E-state index in [9.17, 15) is 24.0 Å². The summed E-state index contributed by atoms with van der Waals surface area (Å²) in [6.45, 7) is 6.49. The minimum absolute atomic E-state index is 0.0344. The predicted molar refractivity (Wildman–Crippen MR) is 192 cm³/mol. The van der Waals surface area contributed by atoms with Crippen LogP contribution in [0.15, 0.2) is 18.2 Å². The van der Waals surface area contributed by atoms with Crippen molar-refractivity contribution in [3.8, 4) is 0 Å². The van der Waals surface area contributed by atoms with Gasteiger partial charge in [-0.3, -0.25) is 34.2 Å². The van der Waals surface area contributed by atoms with Gasteiger partial charge in [0.25, 0.3) is 11.8 Å². The van der Waals surface area contributed by atoms with Gasteiger partial charge in [0.2, 0.25) is 17.7 Å². The fourth-order valence-electron chi connectivity index (χ4n) is 5.35. The minimum Gasteiger partial charge on any atom is -0.379 e. The third-order valence-corrected chi connectivity index (χ3v) is 8.73. The van der Waals surface area contributed by atoms with Crippen LogP contribution in [0.25, 0.3) is 0 Å². The van der Waals surface area contributed by atoms with E-state index in [2.05, 4.69) is 33.2 Å². The van der Waals surface area contributed by atoms with Crippen LogP contribution in [0.1, 0.15) is 84.9 Å². The first kappa shape index (κ1) is 41.9. The van der Waals surface area contributed by atoms with Crippen LogP contribution < -0.4 is 10.6 Å². The van der Waals surface area contributed by atoms with Crippen LogP contribution in [-0.4, -0.2) is 124 Å². The molecule has 1 aromatic carbocycles. The number of carbonyl (C=O) groups excluding carboxylic acids is 5. The van der Waals surface area contributed by atoms with Gasteiger partial charge in [-0.15, -0.1) is 0 Å². The molecule has 1 unspecified atom stereocenters. The van der Waals surface area contributed by atoms with E-state index in [1.54, 1.807) is 12.1 Å². The minimum atomic E-state index is -1.07. The number of amides is 5. The lowest BCUT2D eigenvalue weighted by Crippen LogP contribution is -2.54. The lowest BCUT2D eigenvalue weighted by Gasteiger charge is -2.27. The summed E-state index contributed by atoms with van der Waals surface area (Å²) in [6.07, 6.45) is 7.42. The molecule has 0 aliphatic carbocycles. The van der Waals surface area contributed by atoms with Crippen LogP contribution in [0.2, 0.25) is 0 Å². The Morgan fingerprint density at radius 3 is 1.76 bits per heavy atom. The second-order valence-electron chi connectivity index (χ2n) is 11.8. The maximum Gasteiger partial charge on any atom is 0.264 e.